The highest BCUT2D eigenvalue weighted by Crippen LogP contribution is 2.54. The van der Waals surface area contributed by atoms with Gasteiger partial charge >= 0.3 is 0 Å². The number of fused-ring (bicyclic) bond motifs is 2. The zero-order valence-electron chi connectivity index (χ0n) is 16.0. The molecule has 5 nitrogen and oxygen atoms in total. The fourth-order valence-corrected chi connectivity index (χ4v) is 5.31. The lowest BCUT2D eigenvalue weighted by atomic mass is 9.65. The van der Waals surface area contributed by atoms with Gasteiger partial charge in [-0.1, -0.05) is 45.0 Å². The van der Waals surface area contributed by atoms with Crippen LogP contribution >= 0.6 is 0 Å². The Morgan fingerprint density at radius 2 is 1.72 bits per heavy atom. The molecule has 2 aliphatic rings. The Bertz CT molecular complexity index is 621. The number of hydroxylamine groups is 2. The molecule has 1 aliphatic heterocycles. The van der Waals surface area contributed by atoms with Crippen molar-refractivity contribution in [1.29, 1.82) is 0 Å². The van der Waals surface area contributed by atoms with Crippen LogP contribution in [0.5, 0.6) is 0 Å². The lowest BCUT2D eigenvalue weighted by molar-refractivity contribution is -0.360. The number of nitrogens with zero attached hydrogens (tertiary/aromatic N) is 2. The van der Waals surface area contributed by atoms with E-state index in [-0.39, 0.29) is 10.8 Å². The van der Waals surface area contributed by atoms with E-state index < -0.39 is 11.8 Å². The van der Waals surface area contributed by atoms with Gasteiger partial charge in [0.1, 0.15) is 6.17 Å². The van der Waals surface area contributed by atoms with E-state index in [9.17, 15) is 15.5 Å². The quantitative estimate of drug-likeness (QED) is 0.720. The first kappa shape index (κ1) is 18.8. The van der Waals surface area contributed by atoms with E-state index in [1.807, 2.05) is 24.3 Å². The monoisotopic (exact) mass is 348 g/mol. The number of hydrogen-bond acceptors (Lipinski definition) is 5. The van der Waals surface area contributed by atoms with Gasteiger partial charge in [-0.25, -0.2) is 0 Å². The molecule has 2 bridgehead atoms. The Morgan fingerprint density at radius 3 is 2.24 bits per heavy atom. The molecule has 1 saturated heterocycles. The van der Waals surface area contributed by atoms with Gasteiger partial charge in [0.2, 0.25) is 0 Å². The first-order valence-electron chi connectivity index (χ1n) is 9.16. The van der Waals surface area contributed by atoms with Crippen LogP contribution in [0.25, 0.3) is 0 Å². The second-order valence-corrected chi connectivity index (χ2v) is 9.76. The maximum atomic E-state index is 10.1. The summed E-state index contributed by atoms with van der Waals surface area (Å²) in [6.07, 6.45) is 2.74. The Kier molecular flexibility index (Phi) is 4.54. The first-order valence-corrected chi connectivity index (χ1v) is 9.16. The molecule has 0 radical (unpaired) electrons. The lowest BCUT2D eigenvalue weighted by Crippen LogP contribution is -2.42. The first-order chi connectivity index (χ1) is 11.4. The molecule has 3 rings (SSSR count). The minimum atomic E-state index is -0.909. The summed E-state index contributed by atoms with van der Waals surface area (Å²) >= 11 is 0. The second kappa shape index (κ2) is 6.03. The molecule has 5 heteroatoms. The van der Waals surface area contributed by atoms with Crippen molar-refractivity contribution < 1.29 is 15.5 Å². The van der Waals surface area contributed by atoms with E-state index in [0.29, 0.717) is 11.3 Å². The molecule has 0 spiro atoms. The smallest absolute Gasteiger partial charge is 0.140 e. The summed E-state index contributed by atoms with van der Waals surface area (Å²) in [6.45, 7) is 11.3. The number of likely N-dealkylation sites (tertiary alicyclic amines) is 1. The van der Waals surface area contributed by atoms with Crippen LogP contribution in [0.2, 0.25) is 0 Å². The predicted molar refractivity (Wildman–Crippen MR) is 96.1 cm³/mol. The second-order valence-electron chi connectivity index (χ2n) is 9.76. The summed E-state index contributed by atoms with van der Waals surface area (Å²) in [5.74, 6) is 0. The summed E-state index contributed by atoms with van der Waals surface area (Å²) in [4.78, 5) is 2.23. The van der Waals surface area contributed by atoms with E-state index in [2.05, 4.69) is 25.7 Å². The van der Waals surface area contributed by atoms with Gasteiger partial charge in [-0.2, -0.15) is 0 Å². The topological polar surface area (TPSA) is 67.2 Å². The van der Waals surface area contributed by atoms with E-state index in [1.165, 1.54) is 0 Å². The average molecular weight is 348 g/mol. The SMILES string of the molecule is CC1(C)CC2CC(C)(CN2C(c2ccc(C(C)(C)O)cc2)N(O)O)C1. The van der Waals surface area contributed by atoms with Crippen LogP contribution in [0, 0.1) is 10.8 Å². The Hall–Kier alpha value is -0.980. The molecule has 1 aliphatic carbocycles. The Labute approximate surface area is 150 Å². The maximum Gasteiger partial charge on any atom is 0.140 e. The highest BCUT2D eigenvalue weighted by Gasteiger charge is 2.52. The highest BCUT2D eigenvalue weighted by molar-refractivity contribution is 5.28. The predicted octanol–water partition coefficient (Wildman–Crippen LogP) is 3.89. The number of rotatable bonds is 4. The van der Waals surface area contributed by atoms with Gasteiger partial charge in [0.15, 0.2) is 0 Å². The zero-order chi connectivity index (χ0) is 18.6. The number of aliphatic hydroxyl groups is 1. The molecular weight excluding hydrogens is 316 g/mol. The molecule has 0 aromatic heterocycles. The molecule has 0 amide bonds. The molecular formula is C20H32N2O3. The molecule has 25 heavy (non-hydrogen) atoms. The summed E-state index contributed by atoms with van der Waals surface area (Å²) < 4.78 is 0. The molecule has 3 N–H and O–H groups in total. The molecule has 3 atom stereocenters. The van der Waals surface area contributed by atoms with Crippen molar-refractivity contribution in [3.8, 4) is 0 Å². The highest BCUT2D eigenvalue weighted by atomic mass is 16.8. The van der Waals surface area contributed by atoms with Crippen molar-refractivity contribution in [2.75, 3.05) is 6.54 Å². The molecule has 3 unspecified atom stereocenters. The zero-order valence-corrected chi connectivity index (χ0v) is 16.0. The van der Waals surface area contributed by atoms with E-state index in [0.717, 1.165) is 36.9 Å². The fourth-order valence-electron chi connectivity index (χ4n) is 5.31. The van der Waals surface area contributed by atoms with Crippen LogP contribution in [0.15, 0.2) is 24.3 Å². The minimum absolute atomic E-state index is 0.216. The molecule has 140 valence electrons. The number of hydrogen-bond donors (Lipinski definition) is 3. The average Bonchev–Trinajstić information content (AvgIpc) is 2.67. The standard InChI is InChI=1S/C20H32N2O3/c1-18(2)10-16-11-20(5,12-18)13-21(16)17(22(24)25)14-6-8-15(9-7-14)19(3,4)23/h6-9,16-17,23-25H,10-13H2,1-5H3. The normalized spacial score (nSPS) is 30.7. The van der Waals surface area contributed by atoms with Gasteiger partial charge in [-0.05, 0) is 60.3 Å². The Morgan fingerprint density at radius 1 is 1.12 bits per heavy atom. The Balaban J connectivity index is 1.90. The van der Waals surface area contributed by atoms with Gasteiger partial charge in [-0.3, -0.25) is 15.3 Å². The van der Waals surface area contributed by atoms with E-state index >= 15 is 0 Å². The lowest BCUT2D eigenvalue weighted by Gasteiger charge is -2.40. The summed E-state index contributed by atoms with van der Waals surface area (Å²) in [7, 11) is 0. The maximum absolute atomic E-state index is 10.1. The van der Waals surface area contributed by atoms with Crippen LogP contribution in [0.1, 0.15) is 71.2 Å². The van der Waals surface area contributed by atoms with Crippen molar-refractivity contribution in [1.82, 2.24) is 10.1 Å². The van der Waals surface area contributed by atoms with Crippen LogP contribution in [0.3, 0.4) is 0 Å². The fraction of sp³-hybridized carbons (Fsp3) is 0.700. The van der Waals surface area contributed by atoms with Crippen molar-refractivity contribution in [3.63, 3.8) is 0 Å². The minimum Gasteiger partial charge on any atom is -0.386 e. The molecule has 1 heterocycles. The van der Waals surface area contributed by atoms with Gasteiger partial charge in [0.05, 0.1) is 5.60 Å². The summed E-state index contributed by atoms with van der Waals surface area (Å²) in [5.41, 5.74) is 1.22. The molecule has 1 aromatic rings. The third-order valence-electron chi connectivity index (χ3n) is 5.90. The number of benzene rings is 1. The van der Waals surface area contributed by atoms with Crippen LogP contribution in [0.4, 0.5) is 0 Å². The van der Waals surface area contributed by atoms with E-state index in [1.54, 1.807) is 13.8 Å². The van der Waals surface area contributed by atoms with Crippen molar-refractivity contribution in [3.05, 3.63) is 35.4 Å². The van der Waals surface area contributed by atoms with Crippen molar-refractivity contribution in [2.45, 2.75) is 71.7 Å². The summed E-state index contributed by atoms with van der Waals surface area (Å²) in [6, 6.07) is 7.83. The third kappa shape index (κ3) is 3.76. The van der Waals surface area contributed by atoms with Crippen LogP contribution in [-0.2, 0) is 5.60 Å². The molecule has 2 fully saturated rings. The van der Waals surface area contributed by atoms with Crippen LogP contribution in [-0.4, -0.2) is 38.2 Å². The molecule has 1 aromatic carbocycles. The summed E-state index contributed by atoms with van der Waals surface area (Å²) in [5, 5.41) is 30.5. The van der Waals surface area contributed by atoms with Crippen LogP contribution < -0.4 is 0 Å². The van der Waals surface area contributed by atoms with Gasteiger partial charge in [0.25, 0.3) is 0 Å². The third-order valence-corrected chi connectivity index (χ3v) is 5.90. The van der Waals surface area contributed by atoms with Crippen molar-refractivity contribution in [2.24, 2.45) is 10.8 Å². The van der Waals surface area contributed by atoms with Gasteiger partial charge in [0, 0.05) is 12.6 Å². The largest absolute Gasteiger partial charge is 0.386 e. The van der Waals surface area contributed by atoms with Gasteiger partial charge in [-0.15, -0.1) is 0 Å². The van der Waals surface area contributed by atoms with Gasteiger partial charge < -0.3 is 5.11 Å². The van der Waals surface area contributed by atoms with Crippen molar-refractivity contribution >= 4 is 0 Å². The molecule has 1 saturated carbocycles. The van der Waals surface area contributed by atoms with E-state index in [4.69, 9.17) is 0 Å².